The number of rotatable bonds is 9. The summed E-state index contributed by atoms with van der Waals surface area (Å²) in [6, 6.07) is 14.2. The third kappa shape index (κ3) is 7.46. The van der Waals surface area contributed by atoms with Gasteiger partial charge in [0.25, 0.3) is 0 Å². The second kappa shape index (κ2) is 13.3. The first kappa shape index (κ1) is 26.8. The summed E-state index contributed by atoms with van der Waals surface area (Å²) in [4.78, 5) is 8.71. The van der Waals surface area contributed by atoms with Crippen LogP contribution in [0.4, 0.5) is 0 Å². The Morgan fingerprint density at radius 1 is 0.968 bits per heavy atom. The average molecular weight is 542 g/mol. The van der Waals surface area contributed by atoms with Gasteiger partial charge in [-0.25, -0.2) is 0 Å². The summed E-state index contributed by atoms with van der Waals surface area (Å²) in [5.41, 5.74) is 2.24. The van der Waals surface area contributed by atoms with Gasteiger partial charge in [-0.15, -0.1) is 24.0 Å². The molecule has 0 saturated heterocycles. The lowest BCUT2D eigenvalue weighted by Gasteiger charge is -2.29. The van der Waals surface area contributed by atoms with Gasteiger partial charge in [-0.3, -0.25) is 4.99 Å². The molecule has 0 aliphatic heterocycles. The fourth-order valence-corrected chi connectivity index (χ4v) is 3.33. The van der Waals surface area contributed by atoms with Crippen LogP contribution in [0.15, 0.2) is 47.5 Å². The maximum absolute atomic E-state index is 5.53. The Morgan fingerprint density at radius 2 is 1.65 bits per heavy atom. The molecule has 0 spiro atoms. The third-order valence-electron chi connectivity index (χ3n) is 5.03. The molecule has 0 amide bonds. The molecule has 0 bridgehead atoms. The fourth-order valence-electron chi connectivity index (χ4n) is 3.33. The zero-order chi connectivity index (χ0) is 22.1. The number of hydrogen-bond donors (Lipinski definition) is 1. The summed E-state index contributed by atoms with van der Waals surface area (Å²) in [6.07, 6.45) is 0. The Morgan fingerprint density at radius 3 is 2.23 bits per heavy atom. The summed E-state index contributed by atoms with van der Waals surface area (Å²) in [6.45, 7) is 1.36. The van der Waals surface area contributed by atoms with E-state index in [4.69, 9.17) is 14.2 Å². The lowest BCUT2D eigenvalue weighted by Crippen LogP contribution is -2.42. The Hall–Kier alpha value is -2.20. The van der Waals surface area contributed by atoms with Gasteiger partial charge >= 0.3 is 0 Å². The number of nitrogens with one attached hydrogen (secondary N) is 1. The van der Waals surface area contributed by atoms with Gasteiger partial charge in [0, 0.05) is 38.8 Å². The van der Waals surface area contributed by atoms with Crippen molar-refractivity contribution < 1.29 is 14.2 Å². The largest absolute Gasteiger partial charge is 0.497 e. The minimum atomic E-state index is 0. The molecule has 1 atom stereocenters. The van der Waals surface area contributed by atoms with Crippen molar-refractivity contribution in [3.05, 3.63) is 53.6 Å². The molecule has 0 fully saturated rings. The molecule has 0 aromatic heterocycles. The Kier molecular flexibility index (Phi) is 11.5. The molecule has 172 valence electrons. The summed E-state index contributed by atoms with van der Waals surface area (Å²) >= 11 is 0. The van der Waals surface area contributed by atoms with Crippen LogP contribution in [-0.4, -0.2) is 71.8 Å². The normalized spacial score (nSPS) is 12.1. The van der Waals surface area contributed by atoms with E-state index < -0.39 is 0 Å². The number of benzene rings is 2. The lowest BCUT2D eigenvalue weighted by atomic mass is 10.1. The van der Waals surface area contributed by atoms with Crippen molar-refractivity contribution in [2.24, 2.45) is 4.99 Å². The molecule has 0 heterocycles. The summed E-state index contributed by atoms with van der Waals surface area (Å²) in [5, 5.41) is 3.49. The second-order valence-electron chi connectivity index (χ2n) is 7.22. The molecule has 0 aliphatic carbocycles. The van der Waals surface area contributed by atoms with Crippen LogP contribution in [0.5, 0.6) is 17.2 Å². The predicted molar refractivity (Wildman–Crippen MR) is 137 cm³/mol. The Labute approximate surface area is 203 Å². The van der Waals surface area contributed by atoms with Gasteiger partial charge in [0.05, 0.1) is 27.4 Å². The number of guanidine groups is 1. The minimum Gasteiger partial charge on any atom is -0.497 e. The maximum Gasteiger partial charge on any atom is 0.193 e. The molecule has 0 radical (unpaired) electrons. The first-order chi connectivity index (χ1) is 14.4. The van der Waals surface area contributed by atoms with Crippen LogP contribution in [0.1, 0.15) is 17.2 Å². The highest BCUT2D eigenvalue weighted by Gasteiger charge is 2.17. The highest BCUT2D eigenvalue weighted by Crippen LogP contribution is 2.26. The van der Waals surface area contributed by atoms with Crippen molar-refractivity contribution in [2.75, 3.05) is 56.1 Å². The highest BCUT2D eigenvalue weighted by molar-refractivity contribution is 14.0. The Bertz CT molecular complexity index is 845. The van der Waals surface area contributed by atoms with Crippen molar-refractivity contribution in [3.8, 4) is 17.2 Å². The SMILES string of the molecule is CN=C(NCC(c1cccc(OC)c1)N(C)C)N(C)Cc1ccc(OC)cc1OC.I. The van der Waals surface area contributed by atoms with Crippen molar-refractivity contribution >= 4 is 29.9 Å². The van der Waals surface area contributed by atoms with Gasteiger partial charge in [0.15, 0.2) is 5.96 Å². The zero-order valence-electron chi connectivity index (χ0n) is 19.5. The van der Waals surface area contributed by atoms with E-state index in [0.717, 1.165) is 28.8 Å². The molecular formula is C23H35IN4O3. The van der Waals surface area contributed by atoms with Gasteiger partial charge < -0.3 is 29.3 Å². The first-order valence-corrected chi connectivity index (χ1v) is 9.86. The van der Waals surface area contributed by atoms with E-state index in [-0.39, 0.29) is 30.0 Å². The highest BCUT2D eigenvalue weighted by atomic mass is 127. The maximum atomic E-state index is 5.53. The minimum absolute atomic E-state index is 0. The first-order valence-electron chi connectivity index (χ1n) is 9.86. The molecule has 1 N–H and O–H groups in total. The lowest BCUT2D eigenvalue weighted by molar-refractivity contribution is 0.294. The van der Waals surface area contributed by atoms with Crippen LogP contribution < -0.4 is 19.5 Å². The predicted octanol–water partition coefficient (Wildman–Crippen LogP) is 3.64. The number of hydrogen-bond acceptors (Lipinski definition) is 5. The van der Waals surface area contributed by atoms with Crippen LogP contribution in [-0.2, 0) is 6.54 Å². The van der Waals surface area contributed by atoms with Crippen molar-refractivity contribution in [1.82, 2.24) is 15.1 Å². The molecule has 8 heteroatoms. The smallest absolute Gasteiger partial charge is 0.193 e. The molecular weight excluding hydrogens is 507 g/mol. The number of methoxy groups -OCH3 is 3. The zero-order valence-corrected chi connectivity index (χ0v) is 21.8. The van der Waals surface area contributed by atoms with Crippen LogP contribution in [0.3, 0.4) is 0 Å². The second-order valence-corrected chi connectivity index (χ2v) is 7.22. The van der Waals surface area contributed by atoms with E-state index >= 15 is 0 Å². The van der Waals surface area contributed by atoms with Gasteiger partial charge in [0.1, 0.15) is 17.2 Å². The quantitative estimate of drug-likeness (QED) is 0.297. The third-order valence-corrected chi connectivity index (χ3v) is 5.03. The van der Waals surface area contributed by atoms with E-state index in [2.05, 4.69) is 46.3 Å². The molecule has 31 heavy (non-hydrogen) atoms. The fraction of sp³-hybridized carbons (Fsp3) is 0.435. The van der Waals surface area contributed by atoms with E-state index in [0.29, 0.717) is 13.1 Å². The van der Waals surface area contributed by atoms with Gasteiger partial charge in [-0.1, -0.05) is 12.1 Å². The van der Waals surface area contributed by atoms with Crippen LogP contribution in [0.2, 0.25) is 0 Å². The van der Waals surface area contributed by atoms with E-state index in [1.54, 1.807) is 28.4 Å². The number of nitrogens with zero attached hydrogens (tertiary/aromatic N) is 3. The van der Waals surface area contributed by atoms with Crippen LogP contribution in [0, 0.1) is 0 Å². The molecule has 0 saturated carbocycles. The van der Waals surface area contributed by atoms with Crippen LogP contribution in [0.25, 0.3) is 0 Å². The van der Waals surface area contributed by atoms with Gasteiger partial charge in [-0.2, -0.15) is 0 Å². The average Bonchev–Trinajstić information content (AvgIpc) is 2.76. The molecule has 2 aromatic rings. The molecule has 1 unspecified atom stereocenters. The number of aliphatic imine (C=N–C) groups is 1. The van der Waals surface area contributed by atoms with Crippen molar-refractivity contribution in [3.63, 3.8) is 0 Å². The van der Waals surface area contributed by atoms with Gasteiger partial charge in [0.2, 0.25) is 0 Å². The monoisotopic (exact) mass is 542 g/mol. The number of ether oxygens (including phenoxy) is 3. The summed E-state index contributed by atoms with van der Waals surface area (Å²) in [7, 11) is 12.9. The standard InChI is InChI=1S/C23H34N4O3.HI/c1-24-23(27(4)16-18-11-12-20(29-6)14-22(18)30-7)25-15-21(26(2)3)17-9-8-10-19(13-17)28-5;/h8-14,21H,15-16H2,1-7H3,(H,24,25);1H. The summed E-state index contributed by atoms with van der Waals surface area (Å²) in [5.74, 6) is 3.22. The van der Waals surface area contributed by atoms with Crippen molar-refractivity contribution in [1.29, 1.82) is 0 Å². The molecule has 2 rings (SSSR count). The molecule has 0 aliphatic rings. The van der Waals surface area contributed by atoms with E-state index in [1.807, 2.05) is 37.4 Å². The van der Waals surface area contributed by atoms with E-state index in [9.17, 15) is 0 Å². The Balaban J connectivity index is 0.00000480. The summed E-state index contributed by atoms with van der Waals surface area (Å²) < 4.78 is 16.2. The van der Waals surface area contributed by atoms with Crippen molar-refractivity contribution in [2.45, 2.75) is 12.6 Å². The number of likely N-dealkylation sites (N-methyl/N-ethyl adjacent to an activating group) is 1. The van der Waals surface area contributed by atoms with E-state index in [1.165, 1.54) is 5.56 Å². The van der Waals surface area contributed by atoms with Gasteiger partial charge in [-0.05, 0) is 43.9 Å². The topological polar surface area (TPSA) is 58.6 Å². The number of halogens is 1. The van der Waals surface area contributed by atoms with Crippen LogP contribution >= 0.6 is 24.0 Å². The molecule has 7 nitrogen and oxygen atoms in total. The molecule has 2 aromatic carbocycles.